The van der Waals surface area contributed by atoms with E-state index in [1.165, 1.54) is 0 Å². The number of benzene rings is 2. The van der Waals surface area contributed by atoms with Gasteiger partial charge in [0.25, 0.3) is 0 Å². The Bertz CT molecular complexity index is 660. The van der Waals surface area contributed by atoms with Gasteiger partial charge in [-0.3, -0.25) is 4.79 Å². The summed E-state index contributed by atoms with van der Waals surface area (Å²) in [5.74, 6) is 0.619. The van der Waals surface area contributed by atoms with Crippen LogP contribution < -0.4 is 4.74 Å². The first kappa shape index (κ1) is 19.3. The van der Waals surface area contributed by atoms with Crippen molar-refractivity contribution >= 4 is 14.6 Å². The second kappa shape index (κ2) is 8.91. The molecule has 0 aromatic heterocycles. The summed E-state index contributed by atoms with van der Waals surface area (Å²) in [6.45, 7) is 1.98. The fourth-order valence-electron chi connectivity index (χ4n) is 2.66. The van der Waals surface area contributed by atoms with Gasteiger partial charge in [0, 0.05) is 32.5 Å². The van der Waals surface area contributed by atoms with Crippen LogP contribution in [0.3, 0.4) is 0 Å². The van der Waals surface area contributed by atoms with Crippen molar-refractivity contribution in [2.75, 3.05) is 21.3 Å². The molecule has 0 saturated heterocycles. The Kier molecular flexibility index (Phi) is 6.89. The summed E-state index contributed by atoms with van der Waals surface area (Å²) in [7, 11) is 1.78. The zero-order valence-corrected chi connectivity index (χ0v) is 16.0. The van der Waals surface area contributed by atoms with Crippen molar-refractivity contribution in [1.29, 1.82) is 0 Å². The lowest BCUT2D eigenvalue weighted by atomic mass is 10.0. The lowest BCUT2D eigenvalue weighted by molar-refractivity contribution is 0.0666. The quantitative estimate of drug-likeness (QED) is 0.506. The van der Waals surface area contributed by atoms with Crippen LogP contribution in [-0.4, -0.2) is 41.6 Å². The minimum Gasteiger partial charge on any atom is -0.486 e. The van der Waals surface area contributed by atoms with Gasteiger partial charge >= 0.3 is 8.80 Å². The molecule has 0 saturated carbocycles. The third-order valence-electron chi connectivity index (χ3n) is 4.05. The van der Waals surface area contributed by atoms with Gasteiger partial charge in [-0.1, -0.05) is 37.3 Å². The molecule has 2 aromatic carbocycles. The monoisotopic (exact) mass is 360 g/mol. The molecule has 0 heterocycles. The fraction of sp³-hybridized carbons (Fsp3) is 0.316. The van der Waals surface area contributed by atoms with E-state index in [9.17, 15) is 4.79 Å². The Hall–Kier alpha value is -1.99. The standard InChI is InChI=1S/C19H24O5Si/c1-5-18(25(21-2,22-3)23-4)24-17-13-11-16(12-14-17)19(20)15-9-7-6-8-10-15/h6-14,18H,5H2,1-4H3. The van der Waals surface area contributed by atoms with Crippen molar-refractivity contribution in [2.45, 2.75) is 19.1 Å². The van der Waals surface area contributed by atoms with E-state index in [4.69, 9.17) is 18.0 Å². The van der Waals surface area contributed by atoms with E-state index in [-0.39, 0.29) is 11.5 Å². The zero-order valence-electron chi connectivity index (χ0n) is 15.0. The first-order valence-corrected chi connectivity index (χ1v) is 9.92. The first-order valence-electron chi connectivity index (χ1n) is 8.12. The molecule has 0 fully saturated rings. The molecule has 2 aromatic rings. The second-order valence-corrected chi connectivity index (χ2v) is 8.53. The van der Waals surface area contributed by atoms with Crippen LogP contribution in [0.2, 0.25) is 0 Å². The number of hydrogen-bond donors (Lipinski definition) is 0. The van der Waals surface area contributed by atoms with Crippen molar-refractivity contribution in [2.24, 2.45) is 0 Å². The zero-order chi connectivity index (χ0) is 18.3. The van der Waals surface area contributed by atoms with Gasteiger partial charge in [0.1, 0.15) is 5.75 Å². The van der Waals surface area contributed by atoms with E-state index in [0.717, 1.165) is 0 Å². The van der Waals surface area contributed by atoms with Crippen LogP contribution in [0.1, 0.15) is 29.3 Å². The molecule has 0 radical (unpaired) electrons. The molecule has 0 aliphatic rings. The maximum Gasteiger partial charge on any atom is 0.543 e. The van der Waals surface area contributed by atoms with Crippen molar-refractivity contribution in [3.05, 3.63) is 65.7 Å². The molecule has 5 nitrogen and oxygen atoms in total. The number of carbonyl (C=O) groups is 1. The maximum atomic E-state index is 12.4. The number of rotatable bonds is 9. The molecule has 0 aliphatic heterocycles. The van der Waals surface area contributed by atoms with Gasteiger partial charge in [0.15, 0.2) is 11.5 Å². The van der Waals surface area contributed by atoms with Gasteiger partial charge in [0.05, 0.1) is 0 Å². The van der Waals surface area contributed by atoms with Crippen LogP contribution >= 0.6 is 0 Å². The average molecular weight is 360 g/mol. The molecule has 0 spiro atoms. The van der Waals surface area contributed by atoms with Gasteiger partial charge in [-0.25, -0.2) is 0 Å². The largest absolute Gasteiger partial charge is 0.543 e. The van der Waals surface area contributed by atoms with Crippen molar-refractivity contribution in [3.63, 3.8) is 0 Å². The molecular weight excluding hydrogens is 336 g/mol. The minimum absolute atomic E-state index is 0.0198. The predicted molar refractivity (Wildman–Crippen MR) is 97.8 cm³/mol. The van der Waals surface area contributed by atoms with Gasteiger partial charge in [-0.2, -0.15) is 0 Å². The molecule has 6 heteroatoms. The summed E-state index contributed by atoms with van der Waals surface area (Å²) in [5, 5.41) is 0. The maximum absolute atomic E-state index is 12.4. The number of ketones is 1. The summed E-state index contributed by atoms with van der Waals surface area (Å²) in [6.07, 6.45) is 0.673. The summed E-state index contributed by atoms with van der Waals surface area (Å²) in [4.78, 5) is 12.4. The number of ether oxygens (including phenoxy) is 1. The van der Waals surface area contributed by atoms with Crippen molar-refractivity contribution in [1.82, 2.24) is 0 Å². The van der Waals surface area contributed by atoms with Gasteiger partial charge in [-0.15, -0.1) is 0 Å². The number of hydrogen-bond acceptors (Lipinski definition) is 5. The normalized spacial score (nSPS) is 12.6. The van der Waals surface area contributed by atoms with Crippen LogP contribution in [-0.2, 0) is 13.3 Å². The number of carbonyl (C=O) groups excluding carboxylic acids is 1. The van der Waals surface area contributed by atoms with Crippen molar-refractivity contribution in [3.8, 4) is 5.75 Å². The molecule has 2 rings (SSSR count). The topological polar surface area (TPSA) is 54.0 Å². The Morgan fingerprint density at radius 1 is 0.880 bits per heavy atom. The molecule has 1 atom stereocenters. The minimum atomic E-state index is -2.91. The molecule has 25 heavy (non-hydrogen) atoms. The van der Waals surface area contributed by atoms with Crippen LogP contribution in [0.4, 0.5) is 0 Å². The second-order valence-electron chi connectivity index (χ2n) is 5.45. The Labute approximate surface area is 149 Å². The average Bonchev–Trinajstić information content (AvgIpc) is 2.69. The highest BCUT2D eigenvalue weighted by molar-refractivity contribution is 6.62. The van der Waals surface area contributed by atoms with E-state index in [1.807, 2.05) is 25.1 Å². The highest BCUT2D eigenvalue weighted by Crippen LogP contribution is 2.23. The molecule has 134 valence electrons. The van der Waals surface area contributed by atoms with Crippen LogP contribution in [0.15, 0.2) is 54.6 Å². The van der Waals surface area contributed by atoms with E-state index < -0.39 is 8.80 Å². The molecule has 0 bridgehead atoms. The van der Waals surface area contributed by atoms with E-state index in [2.05, 4.69) is 0 Å². The van der Waals surface area contributed by atoms with Gasteiger partial charge < -0.3 is 18.0 Å². The summed E-state index contributed by atoms with van der Waals surface area (Å²) in [6, 6.07) is 16.3. The summed E-state index contributed by atoms with van der Waals surface area (Å²) < 4.78 is 22.5. The van der Waals surface area contributed by atoms with E-state index in [1.54, 1.807) is 57.7 Å². The third kappa shape index (κ3) is 4.35. The van der Waals surface area contributed by atoms with E-state index in [0.29, 0.717) is 23.3 Å². The first-order chi connectivity index (χ1) is 12.1. The SMILES string of the molecule is CCC(Oc1ccc(C(=O)c2ccccc2)cc1)[Si](OC)(OC)OC. The molecular formula is C19H24O5Si. The fourth-order valence-corrected chi connectivity index (χ4v) is 4.72. The Morgan fingerprint density at radius 2 is 1.40 bits per heavy atom. The highest BCUT2D eigenvalue weighted by Gasteiger charge is 2.48. The van der Waals surface area contributed by atoms with Gasteiger partial charge in [-0.05, 0) is 30.7 Å². The molecule has 0 N–H and O–H groups in total. The summed E-state index contributed by atoms with van der Waals surface area (Å²) >= 11 is 0. The third-order valence-corrected chi connectivity index (χ3v) is 7.07. The highest BCUT2D eigenvalue weighted by atomic mass is 28.4. The summed E-state index contributed by atoms with van der Waals surface area (Å²) in [5.41, 5.74) is 0.940. The molecule has 0 aliphatic carbocycles. The van der Waals surface area contributed by atoms with E-state index >= 15 is 0 Å². The van der Waals surface area contributed by atoms with Crippen LogP contribution in [0, 0.1) is 0 Å². The smallest absolute Gasteiger partial charge is 0.486 e. The lowest BCUT2D eigenvalue weighted by Crippen LogP contribution is -2.56. The predicted octanol–water partition coefficient (Wildman–Crippen LogP) is 3.49. The Balaban J connectivity index is 2.15. The lowest BCUT2D eigenvalue weighted by Gasteiger charge is -2.31. The van der Waals surface area contributed by atoms with Crippen LogP contribution in [0.5, 0.6) is 5.75 Å². The molecule has 0 amide bonds. The van der Waals surface area contributed by atoms with Crippen LogP contribution in [0.25, 0.3) is 0 Å². The van der Waals surface area contributed by atoms with Crippen molar-refractivity contribution < 1.29 is 22.8 Å². The van der Waals surface area contributed by atoms with Gasteiger partial charge in [0.2, 0.25) is 0 Å². The Morgan fingerprint density at radius 3 is 1.88 bits per heavy atom. The molecule has 1 unspecified atom stereocenters.